The van der Waals surface area contributed by atoms with Gasteiger partial charge >= 0.3 is 0 Å². The maximum absolute atomic E-state index is 14.0. The van der Waals surface area contributed by atoms with Crippen molar-refractivity contribution in [3.63, 3.8) is 0 Å². The number of halogens is 2. The zero-order valence-electron chi connectivity index (χ0n) is 13.0. The first-order valence-corrected chi connectivity index (χ1v) is 8.25. The summed E-state index contributed by atoms with van der Waals surface area (Å²) in [6, 6.07) is 3.36. The number of hydrogen-bond donors (Lipinski definition) is 1. The van der Waals surface area contributed by atoms with Gasteiger partial charge in [0.1, 0.15) is 17.7 Å². The Morgan fingerprint density at radius 3 is 2.52 bits per heavy atom. The summed E-state index contributed by atoms with van der Waals surface area (Å²) < 4.78 is 38.7. The van der Waals surface area contributed by atoms with E-state index in [9.17, 15) is 8.78 Å². The van der Waals surface area contributed by atoms with Crippen molar-refractivity contribution in [3.8, 4) is 0 Å². The van der Waals surface area contributed by atoms with Gasteiger partial charge in [-0.15, -0.1) is 0 Å². The van der Waals surface area contributed by atoms with E-state index in [2.05, 4.69) is 4.90 Å². The monoisotopic (exact) mass is 324 g/mol. The van der Waals surface area contributed by atoms with Crippen LogP contribution in [0.2, 0.25) is 0 Å². The van der Waals surface area contributed by atoms with Crippen molar-refractivity contribution >= 4 is 0 Å². The first-order valence-electron chi connectivity index (χ1n) is 8.25. The van der Waals surface area contributed by atoms with E-state index < -0.39 is 17.7 Å². The predicted molar refractivity (Wildman–Crippen MR) is 80.8 cm³/mol. The lowest BCUT2D eigenvalue weighted by molar-refractivity contribution is -0.0498. The summed E-state index contributed by atoms with van der Waals surface area (Å²) in [5.41, 5.74) is 6.46. The van der Waals surface area contributed by atoms with Crippen molar-refractivity contribution in [2.75, 3.05) is 32.9 Å². The van der Waals surface area contributed by atoms with Crippen LogP contribution < -0.4 is 5.73 Å². The number of nitrogens with zero attached hydrogens (tertiary/aromatic N) is 1. The predicted octanol–water partition coefficient (Wildman–Crippen LogP) is 1.70. The maximum Gasteiger partial charge on any atom is 0.129 e. The molecule has 3 aliphatic rings. The fourth-order valence-electron chi connectivity index (χ4n) is 4.17. The summed E-state index contributed by atoms with van der Waals surface area (Å²) in [6.07, 6.45) is 0.161. The quantitative estimate of drug-likeness (QED) is 0.899. The molecule has 1 aromatic carbocycles. The van der Waals surface area contributed by atoms with Gasteiger partial charge in [-0.25, -0.2) is 8.78 Å². The molecule has 3 aliphatic heterocycles. The summed E-state index contributed by atoms with van der Waals surface area (Å²) in [4.78, 5) is 2.43. The van der Waals surface area contributed by atoms with E-state index in [4.69, 9.17) is 15.2 Å². The molecule has 0 aliphatic carbocycles. The van der Waals surface area contributed by atoms with Gasteiger partial charge in [-0.2, -0.15) is 0 Å². The molecule has 3 heterocycles. The zero-order valence-corrected chi connectivity index (χ0v) is 13.0. The molecule has 2 N–H and O–H groups in total. The molecule has 0 amide bonds. The van der Waals surface area contributed by atoms with E-state index in [1.54, 1.807) is 0 Å². The van der Waals surface area contributed by atoms with E-state index in [1.807, 2.05) is 0 Å². The third-order valence-corrected chi connectivity index (χ3v) is 5.45. The zero-order chi connectivity index (χ0) is 16.0. The van der Waals surface area contributed by atoms with Gasteiger partial charge in [-0.1, -0.05) is 0 Å². The average molecular weight is 324 g/mol. The van der Waals surface area contributed by atoms with Crippen LogP contribution in [0.5, 0.6) is 0 Å². The van der Waals surface area contributed by atoms with Gasteiger partial charge in [0.15, 0.2) is 0 Å². The second-order valence-electron chi connectivity index (χ2n) is 6.98. The van der Waals surface area contributed by atoms with Gasteiger partial charge in [-0.05, 0) is 24.6 Å². The molecule has 0 bridgehead atoms. The Balaban J connectivity index is 1.43. The van der Waals surface area contributed by atoms with Gasteiger partial charge in [0.25, 0.3) is 0 Å². The Kier molecular flexibility index (Phi) is 4.09. The van der Waals surface area contributed by atoms with E-state index in [1.165, 1.54) is 6.07 Å². The molecular weight excluding hydrogens is 302 g/mol. The molecular formula is C17H22F2N2O2. The van der Waals surface area contributed by atoms with E-state index in [-0.39, 0.29) is 17.6 Å². The van der Waals surface area contributed by atoms with E-state index >= 15 is 0 Å². The summed E-state index contributed by atoms with van der Waals surface area (Å²) in [5, 5.41) is 0. The molecule has 3 fully saturated rings. The first-order chi connectivity index (χ1) is 11.1. The average Bonchev–Trinajstić information content (AvgIpc) is 3.11. The minimum atomic E-state index is -0.576. The van der Waals surface area contributed by atoms with Crippen molar-refractivity contribution < 1.29 is 18.3 Å². The lowest BCUT2D eigenvalue weighted by atomic mass is 9.93. The smallest absolute Gasteiger partial charge is 0.129 e. The van der Waals surface area contributed by atoms with Crippen LogP contribution in [-0.2, 0) is 9.47 Å². The van der Waals surface area contributed by atoms with Gasteiger partial charge in [0.05, 0.1) is 19.8 Å². The maximum atomic E-state index is 14.0. The molecule has 0 spiro atoms. The number of hydrogen-bond acceptors (Lipinski definition) is 4. The van der Waals surface area contributed by atoms with Crippen LogP contribution in [0.25, 0.3) is 0 Å². The third-order valence-electron chi connectivity index (χ3n) is 5.45. The number of rotatable bonds is 2. The summed E-state index contributed by atoms with van der Waals surface area (Å²) in [5.74, 6) is 0.305. The standard InChI is InChI=1S/C17H22F2N2O2/c18-12-1-2-15(19)14(3-12)17-16(20)4-13(9-23-17)21-5-10-7-22-8-11(10)6-21/h1-3,10-11,13,16-17H,4-9,20H2/t10?,11?,13-,16+,17-/m1/s1. The molecule has 4 rings (SSSR count). The molecule has 1 aromatic rings. The van der Waals surface area contributed by atoms with E-state index in [0.717, 1.165) is 44.9 Å². The van der Waals surface area contributed by atoms with Crippen LogP contribution in [0.3, 0.4) is 0 Å². The molecule has 0 aromatic heterocycles. The second-order valence-corrected chi connectivity index (χ2v) is 6.98. The molecule has 5 atom stereocenters. The number of nitrogens with two attached hydrogens (primary N) is 1. The van der Waals surface area contributed by atoms with Gasteiger partial charge in [0, 0.05) is 42.6 Å². The van der Waals surface area contributed by atoms with Crippen LogP contribution in [0, 0.1) is 23.5 Å². The Bertz CT molecular complexity index is 574. The molecule has 23 heavy (non-hydrogen) atoms. The highest BCUT2D eigenvalue weighted by Crippen LogP contribution is 2.35. The largest absolute Gasteiger partial charge is 0.381 e. The van der Waals surface area contributed by atoms with Crippen LogP contribution in [0.15, 0.2) is 18.2 Å². The lowest BCUT2D eigenvalue weighted by Gasteiger charge is -2.39. The van der Waals surface area contributed by atoms with Crippen LogP contribution in [0.4, 0.5) is 8.78 Å². The van der Waals surface area contributed by atoms with Crippen LogP contribution in [0.1, 0.15) is 18.1 Å². The first kappa shape index (κ1) is 15.4. The SMILES string of the molecule is N[C@H]1C[C@@H](N2CC3COCC3C2)CO[C@@H]1c1cc(F)ccc1F. The molecule has 4 nitrogen and oxygen atoms in total. The molecule has 0 saturated carbocycles. The van der Waals surface area contributed by atoms with Gasteiger partial charge in [-0.3, -0.25) is 4.90 Å². The fourth-order valence-corrected chi connectivity index (χ4v) is 4.17. The minimum Gasteiger partial charge on any atom is -0.381 e. The highest BCUT2D eigenvalue weighted by atomic mass is 19.1. The molecule has 6 heteroatoms. The molecule has 3 saturated heterocycles. The summed E-state index contributed by atoms with van der Waals surface area (Å²) in [7, 11) is 0. The highest BCUT2D eigenvalue weighted by molar-refractivity contribution is 5.23. The van der Waals surface area contributed by atoms with Gasteiger partial charge < -0.3 is 15.2 Å². The van der Waals surface area contributed by atoms with Crippen molar-refractivity contribution in [3.05, 3.63) is 35.4 Å². The Morgan fingerprint density at radius 1 is 1.09 bits per heavy atom. The molecule has 0 radical (unpaired) electrons. The number of benzene rings is 1. The topological polar surface area (TPSA) is 47.7 Å². The Hall–Kier alpha value is -1.08. The van der Waals surface area contributed by atoms with Crippen LogP contribution >= 0.6 is 0 Å². The fraction of sp³-hybridized carbons (Fsp3) is 0.647. The summed E-state index contributed by atoms with van der Waals surface area (Å²) in [6.45, 7) is 4.24. The van der Waals surface area contributed by atoms with Crippen molar-refractivity contribution in [1.82, 2.24) is 4.90 Å². The Labute approximate surface area is 134 Å². The normalized spacial score (nSPS) is 38.0. The van der Waals surface area contributed by atoms with Crippen molar-refractivity contribution in [2.45, 2.75) is 24.6 Å². The van der Waals surface area contributed by atoms with E-state index in [0.29, 0.717) is 18.4 Å². The summed E-state index contributed by atoms with van der Waals surface area (Å²) >= 11 is 0. The molecule has 126 valence electrons. The number of likely N-dealkylation sites (tertiary alicyclic amines) is 1. The van der Waals surface area contributed by atoms with Crippen molar-refractivity contribution in [1.29, 1.82) is 0 Å². The third kappa shape index (κ3) is 2.89. The van der Waals surface area contributed by atoms with Gasteiger partial charge in [0.2, 0.25) is 0 Å². The highest BCUT2D eigenvalue weighted by Gasteiger charge is 2.42. The lowest BCUT2D eigenvalue weighted by Crippen LogP contribution is -2.49. The number of fused-ring (bicyclic) bond motifs is 1. The Morgan fingerprint density at radius 2 is 1.83 bits per heavy atom. The minimum absolute atomic E-state index is 0.225. The molecule has 2 unspecified atom stereocenters. The van der Waals surface area contributed by atoms with Crippen molar-refractivity contribution in [2.24, 2.45) is 17.6 Å². The number of ether oxygens (including phenoxy) is 2. The second kappa shape index (κ2) is 6.09. The van der Waals surface area contributed by atoms with Crippen LogP contribution in [-0.4, -0.2) is 49.9 Å².